The third kappa shape index (κ3) is 2.82. The molecule has 1 fully saturated rings. The number of hydrogen-bond donors (Lipinski definition) is 2. The molecule has 0 heterocycles. The summed E-state index contributed by atoms with van der Waals surface area (Å²) in [5, 5.41) is 10.2. The SMILES string of the molecule is Cc1cccc(C)c1[C@@H](N)[C@@H](O)C1CCC1.Cl. The summed E-state index contributed by atoms with van der Waals surface area (Å²) in [6, 6.07) is 5.94. The fourth-order valence-corrected chi connectivity index (χ4v) is 2.60. The van der Waals surface area contributed by atoms with Gasteiger partial charge in [-0.25, -0.2) is 0 Å². The summed E-state index contributed by atoms with van der Waals surface area (Å²) < 4.78 is 0. The van der Waals surface area contributed by atoms with E-state index < -0.39 is 0 Å². The highest BCUT2D eigenvalue weighted by atomic mass is 35.5. The lowest BCUT2D eigenvalue weighted by Gasteiger charge is -2.34. The molecule has 2 atom stereocenters. The number of benzene rings is 1. The molecule has 0 radical (unpaired) electrons. The van der Waals surface area contributed by atoms with Crippen LogP contribution in [0.3, 0.4) is 0 Å². The van der Waals surface area contributed by atoms with Crippen LogP contribution in [0.15, 0.2) is 18.2 Å². The van der Waals surface area contributed by atoms with Crippen molar-refractivity contribution in [2.75, 3.05) is 0 Å². The summed E-state index contributed by atoms with van der Waals surface area (Å²) in [6.07, 6.45) is 3.11. The molecule has 0 unspecified atom stereocenters. The minimum atomic E-state index is -0.381. The highest BCUT2D eigenvalue weighted by molar-refractivity contribution is 5.85. The molecule has 1 saturated carbocycles. The lowest BCUT2D eigenvalue weighted by molar-refractivity contribution is 0.0410. The summed E-state index contributed by atoms with van der Waals surface area (Å²) >= 11 is 0. The van der Waals surface area contributed by atoms with Gasteiger partial charge in [-0.2, -0.15) is 0 Å². The van der Waals surface area contributed by atoms with E-state index in [0.717, 1.165) is 18.4 Å². The summed E-state index contributed by atoms with van der Waals surface area (Å²) in [7, 11) is 0. The molecule has 3 heteroatoms. The minimum absolute atomic E-state index is 0. The van der Waals surface area contributed by atoms with E-state index in [9.17, 15) is 5.11 Å². The zero-order chi connectivity index (χ0) is 11.7. The Morgan fingerprint density at radius 1 is 1.24 bits per heavy atom. The summed E-state index contributed by atoms with van der Waals surface area (Å²) in [5.74, 6) is 0.411. The highest BCUT2D eigenvalue weighted by Gasteiger charge is 2.31. The second-order valence-electron chi connectivity index (χ2n) is 5.01. The Hall–Kier alpha value is -0.570. The van der Waals surface area contributed by atoms with E-state index >= 15 is 0 Å². The van der Waals surface area contributed by atoms with Gasteiger partial charge in [0.15, 0.2) is 0 Å². The van der Waals surface area contributed by atoms with Crippen LogP contribution in [0, 0.1) is 19.8 Å². The van der Waals surface area contributed by atoms with Crippen LogP contribution in [0.1, 0.15) is 42.0 Å². The fourth-order valence-electron chi connectivity index (χ4n) is 2.60. The monoisotopic (exact) mass is 255 g/mol. The van der Waals surface area contributed by atoms with Crippen LogP contribution in [0.4, 0.5) is 0 Å². The van der Waals surface area contributed by atoms with Crippen LogP contribution in [-0.2, 0) is 0 Å². The number of hydrogen-bond acceptors (Lipinski definition) is 2. The van der Waals surface area contributed by atoms with Gasteiger partial charge in [-0.05, 0) is 49.3 Å². The van der Waals surface area contributed by atoms with Gasteiger partial charge in [0.1, 0.15) is 0 Å². The van der Waals surface area contributed by atoms with Crippen LogP contribution in [0.5, 0.6) is 0 Å². The van der Waals surface area contributed by atoms with Crippen LogP contribution in [-0.4, -0.2) is 11.2 Å². The van der Waals surface area contributed by atoms with Gasteiger partial charge in [0.2, 0.25) is 0 Å². The summed E-state index contributed by atoms with van der Waals surface area (Å²) in [6.45, 7) is 4.13. The molecular formula is C14H22ClNO. The van der Waals surface area contributed by atoms with Gasteiger partial charge in [0.05, 0.1) is 12.1 Å². The first-order valence-electron chi connectivity index (χ1n) is 6.11. The molecule has 1 aliphatic rings. The number of aliphatic hydroxyl groups is 1. The first-order valence-corrected chi connectivity index (χ1v) is 6.11. The topological polar surface area (TPSA) is 46.2 Å². The summed E-state index contributed by atoms with van der Waals surface area (Å²) in [5.41, 5.74) is 9.70. The minimum Gasteiger partial charge on any atom is -0.391 e. The third-order valence-electron chi connectivity index (χ3n) is 3.88. The van der Waals surface area contributed by atoms with Gasteiger partial charge in [-0.15, -0.1) is 12.4 Å². The van der Waals surface area contributed by atoms with Crippen LogP contribution in [0.25, 0.3) is 0 Å². The van der Waals surface area contributed by atoms with Crippen molar-refractivity contribution >= 4 is 12.4 Å². The molecule has 0 amide bonds. The zero-order valence-corrected chi connectivity index (χ0v) is 11.3. The Labute approximate surface area is 110 Å². The van der Waals surface area contributed by atoms with Crippen molar-refractivity contribution in [3.8, 4) is 0 Å². The molecule has 2 nitrogen and oxygen atoms in total. The van der Waals surface area contributed by atoms with E-state index in [1.165, 1.54) is 17.5 Å². The molecule has 0 aliphatic heterocycles. The second-order valence-corrected chi connectivity index (χ2v) is 5.01. The van der Waals surface area contributed by atoms with Crippen molar-refractivity contribution in [3.05, 3.63) is 34.9 Å². The van der Waals surface area contributed by atoms with Crippen LogP contribution in [0.2, 0.25) is 0 Å². The number of aliphatic hydroxyl groups excluding tert-OH is 1. The first-order chi connectivity index (χ1) is 7.61. The molecule has 2 rings (SSSR count). The van der Waals surface area contributed by atoms with Crippen molar-refractivity contribution in [2.45, 2.75) is 45.3 Å². The van der Waals surface area contributed by atoms with Crippen LogP contribution >= 0.6 is 12.4 Å². The molecule has 0 spiro atoms. The molecule has 1 aromatic rings. The van der Waals surface area contributed by atoms with E-state index in [4.69, 9.17) is 5.73 Å². The fraction of sp³-hybridized carbons (Fsp3) is 0.571. The van der Waals surface area contributed by atoms with Gasteiger partial charge < -0.3 is 10.8 Å². The number of rotatable bonds is 3. The normalized spacial score (nSPS) is 19.1. The van der Waals surface area contributed by atoms with Gasteiger partial charge in [0.25, 0.3) is 0 Å². The van der Waals surface area contributed by atoms with Crippen molar-refractivity contribution in [3.63, 3.8) is 0 Å². The number of nitrogens with two attached hydrogens (primary N) is 1. The number of halogens is 1. The van der Waals surface area contributed by atoms with E-state index in [1.807, 2.05) is 6.07 Å². The Morgan fingerprint density at radius 2 is 1.76 bits per heavy atom. The quantitative estimate of drug-likeness (QED) is 0.873. The molecule has 1 aromatic carbocycles. The van der Waals surface area contributed by atoms with E-state index in [-0.39, 0.29) is 24.6 Å². The molecule has 0 saturated heterocycles. The van der Waals surface area contributed by atoms with E-state index in [2.05, 4.69) is 26.0 Å². The molecular weight excluding hydrogens is 234 g/mol. The first kappa shape index (κ1) is 14.5. The molecule has 0 bridgehead atoms. The van der Waals surface area contributed by atoms with Gasteiger partial charge in [-0.3, -0.25) is 0 Å². The maximum atomic E-state index is 10.2. The maximum Gasteiger partial charge on any atom is 0.0761 e. The largest absolute Gasteiger partial charge is 0.391 e. The van der Waals surface area contributed by atoms with Crippen molar-refractivity contribution < 1.29 is 5.11 Å². The molecule has 1 aliphatic carbocycles. The average molecular weight is 256 g/mol. The Balaban J connectivity index is 0.00000144. The maximum absolute atomic E-state index is 10.2. The Morgan fingerprint density at radius 3 is 2.18 bits per heavy atom. The highest BCUT2D eigenvalue weighted by Crippen LogP contribution is 2.35. The van der Waals surface area contributed by atoms with Crippen molar-refractivity contribution in [1.29, 1.82) is 0 Å². The van der Waals surface area contributed by atoms with E-state index in [0.29, 0.717) is 5.92 Å². The lowest BCUT2D eigenvalue weighted by Crippen LogP contribution is -2.37. The van der Waals surface area contributed by atoms with Crippen LogP contribution < -0.4 is 5.73 Å². The van der Waals surface area contributed by atoms with Gasteiger partial charge >= 0.3 is 0 Å². The van der Waals surface area contributed by atoms with Gasteiger partial charge in [0, 0.05) is 0 Å². The standard InChI is InChI=1S/C14H21NO.ClH/c1-9-5-3-6-10(2)12(9)13(15)14(16)11-7-4-8-11;/h3,5-6,11,13-14,16H,4,7-8,15H2,1-2H3;1H/t13-,14+;/m1./s1. The molecule has 0 aromatic heterocycles. The zero-order valence-electron chi connectivity index (χ0n) is 10.5. The molecule has 3 N–H and O–H groups in total. The second kappa shape index (κ2) is 5.85. The van der Waals surface area contributed by atoms with E-state index in [1.54, 1.807) is 0 Å². The summed E-state index contributed by atoms with van der Waals surface area (Å²) in [4.78, 5) is 0. The Bertz CT molecular complexity index is 356. The molecule has 96 valence electrons. The lowest BCUT2D eigenvalue weighted by atomic mass is 9.76. The number of aryl methyl sites for hydroxylation is 2. The third-order valence-corrected chi connectivity index (χ3v) is 3.88. The smallest absolute Gasteiger partial charge is 0.0761 e. The Kier molecular flexibility index (Phi) is 4.99. The van der Waals surface area contributed by atoms with Crippen molar-refractivity contribution in [1.82, 2.24) is 0 Å². The molecule has 17 heavy (non-hydrogen) atoms. The average Bonchev–Trinajstić information content (AvgIpc) is 2.14. The predicted octanol–water partition coefficient (Wildman–Crippen LogP) is 2.89. The van der Waals surface area contributed by atoms with Crippen molar-refractivity contribution in [2.24, 2.45) is 11.7 Å². The van der Waals surface area contributed by atoms with Gasteiger partial charge in [-0.1, -0.05) is 24.6 Å². The predicted molar refractivity (Wildman–Crippen MR) is 73.4 cm³/mol.